The van der Waals surface area contributed by atoms with Gasteiger partial charge in [-0.15, -0.1) is 11.3 Å². The quantitative estimate of drug-likeness (QED) is 0.434. The van der Waals surface area contributed by atoms with Gasteiger partial charge in [-0.3, -0.25) is 9.69 Å². The van der Waals surface area contributed by atoms with Gasteiger partial charge in [0.1, 0.15) is 6.61 Å². The van der Waals surface area contributed by atoms with Crippen LogP contribution < -0.4 is 4.90 Å². The van der Waals surface area contributed by atoms with Crippen LogP contribution in [-0.2, 0) is 22.6 Å². The Morgan fingerprint density at radius 1 is 1.13 bits per heavy atom. The first-order valence-corrected chi connectivity index (χ1v) is 10.5. The third kappa shape index (κ3) is 3.97. The molecule has 2 heterocycles. The molecule has 0 unspecified atom stereocenters. The van der Waals surface area contributed by atoms with E-state index < -0.39 is 5.97 Å². The van der Waals surface area contributed by atoms with E-state index in [-0.39, 0.29) is 12.5 Å². The predicted molar refractivity (Wildman–Crippen MR) is 118 cm³/mol. The lowest BCUT2D eigenvalue weighted by Gasteiger charge is -2.18. The zero-order valence-corrected chi connectivity index (χ0v) is 17.5. The summed E-state index contributed by atoms with van der Waals surface area (Å²) in [5.41, 5.74) is 3.93. The summed E-state index contributed by atoms with van der Waals surface area (Å²) >= 11 is 1.34. The van der Waals surface area contributed by atoms with E-state index >= 15 is 0 Å². The van der Waals surface area contributed by atoms with Gasteiger partial charge in [0.25, 0.3) is 0 Å². The molecule has 2 aromatic carbocycles. The zero-order valence-electron chi connectivity index (χ0n) is 16.7. The van der Waals surface area contributed by atoms with Crippen LogP contribution >= 0.6 is 11.3 Å². The second kappa shape index (κ2) is 8.51. The maximum absolute atomic E-state index is 12.5. The molecule has 0 bridgehead atoms. The topological polar surface area (TPSA) is 75.3 Å². The molecule has 0 radical (unpaired) electrons. The fourth-order valence-electron chi connectivity index (χ4n) is 3.23. The maximum atomic E-state index is 12.5. The molecule has 6 nitrogen and oxygen atoms in total. The van der Waals surface area contributed by atoms with Gasteiger partial charge in [0, 0.05) is 29.4 Å². The summed E-state index contributed by atoms with van der Waals surface area (Å²) in [7, 11) is 0. The van der Waals surface area contributed by atoms with Gasteiger partial charge in [-0.05, 0) is 30.2 Å². The summed E-state index contributed by atoms with van der Waals surface area (Å²) in [4.78, 5) is 33.9. The molecule has 0 saturated carbocycles. The van der Waals surface area contributed by atoms with Crippen LogP contribution in [0.3, 0.4) is 0 Å². The van der Waals surface area contributed by atoms with Gasteiger partial charge in [0.05, 0.1) is 16.9 Å². The number of hydrogen-bond donors (Lipinski definition) is 1. The zero-order chi connectivity index (χ0) is 21.1. The van der Waals surface area contributed by atoms with Crippen molar-refractivity contribution in [2.45, 2.75) is 26.9 Å². The van der Waals surface area contributed by atoms with Crippen LogP contribution in [0.4, 0.5) is 10.8 Å². The van der Waals surface area contributed by atoms with E-state index in [1.807, 2.05) is 48.5 Å². The number of nitrogens with zero attached hydrogens (tertiary/aromatic N) is 2. The second-order valence-electron chi connectivity index (χ2n) is 6.82. The highest BCUT2D eigenvalue weighted by atomic mass is 32.1. The van der Waals surface area contributed by atoms with Crippen LogP contribution in [0.1, 0.15) is 35.5 Å². The highest BCUT2D eigenvalue weighted by molar-refractivity contribution is 7.14. The monoisotopic (exact) mass is 419 g/mol. The number of aromatic nitrogens is 2. The van der Waals surface area contributed by atoms with Crippen LogP contribution in [0.15, 0.2) is 60.1 Å². The Hall–Kier alpha value is -3.45. The summed E-state index contributed by atoms with van der Waals surface area (Å²) < 4.78 is 5.45. The summed E-state index contributed by atoms with van der Waals surface area (Å²) in [6, 6.07) is 15.4. The van der Waals surface area contributed by atoms with Crippen molar-refractivity contribution >= 4 is 44.9 Å². The van der Waals surface area contributed by atoms with Crippen LogP contribution in [-0.4, -0.2) is 21.8 Å². The largest absolute Gasteiger partial charge is 0.455 e. The summed E-state index contributed by atoms with van der Waals surface area (Å²) in [6.45, 7) is 3.63. The molecule has 1 amide bonds. The number of fused-ring (bicyclic) bond motifs is 1. The van der Waals surface area contributed by atoms with Gasteiger partial charge >= 0.3 is 5.97 Å². The SMILES string of the molecule is CCc1ccc(N(C(C)=O)c2nc(COC(=O)c3c[nH]c4ccccc34)cs2)cc1. The van der Waals surface area contributed by atoms with Gasteiger partial charge in [-0.2, -0.15) is 0 Å². The number of aromatic amines is 1. The third-order valence-corrected chi connectivity index (χ3v) is 5.68. The molecule has 2 aromatic heterocycles. The number of thiazole rings is 1. The number of hydrogen-bond acceptors (Lipinski definition) is 5. The molecule has 0 saturated heterocycles. The first-order chi connectivity index (χ1) is 14.6. The number of benzene rings is 2. The molecule has 0 fully saturated rings. The van der Waals surface area contributed by atoms with Crippen molar-refractivity contribution < 1.29 is 14.3 Å². The van der Waals surface area contributed by atoms with Crippen molar-refractivity contribution in [2.75, 3.05) is 4.90 Å². The Morgan fingerprint density at radius 2 is 1.90 bits per heavy atom. The molecule has 4 rings (SSSR count). The number of rotatable bonds is 6. The van der Waals surface area contributed by atoms with E-state index in [9.17, 15) is 9.59 Å². The van der Waals surface area contributed by atoms with E-state index in [1.165, 1.54) is 23.8 Å². The second-order valence-corrected chi connectivity index (χ2v) is 7.66. The number of carbonyl (C=O) groups is 2. The van der Waals surface area contributed by atoms with Gasteiger partial charge in [-0.1, -0.05) is 37.3 Å². The molecule has 1 N–H and O–H groups in total. The molecule has 0 aliphatic rings. The highest BCUT2D eigenvalue weighted by Gasteiger charge is 2.19. The number of amides is 1. The Balaban J connectivity index is 1.48. The van der Waals surface area contributed by atoms with Gasteiger partial charge in [-0.25, -0.2) is 9.78 Å². The smallest absolute Gasteiger partial charge is 0.340 e. The van der Waals surface area contributed by atoms with Crippen LogP contribution in [0, 0.1) is 0 Å². The lowest BCUT2D eigenvalue weighted by Crippen LogP contribution is -2.22. The van der Waals surface area contributed by atoms with Crippen molar-refractivity contribution in [3.8, 4) is 0 Å². The molecule has 152 valence electrons. The predicted octanol–water partition coefficient (Wildman–Crippen LogP) is 5.23. The number of nitrogens with one attached hydrogen (secondary N) is 1. The average molecular weight is 420 g/mol. The number of ether oxygens (including phenoxy) is 1. The number of para-hydroxylation sites is 1. The fourth-order valence-corrected chi connectivity index (χ4v) is 4.10. The van der Waals surface area contributed by atoms with Gasteiger partial charge in [0.2, 0.25) is 5.91 Å². The molecule has 7 heteroatoms. The van der Waals surface area contributed by atoms with Crippen LogP contribution in [0.5, 0.6) is 0 Å². The van der Waals surface area contributed by atoms with Crippen molar-refractivity contribution in [3.05, 3.63) is 76.9 Å². The van der Waals surface area contributed by atoms with Gasteiger partial charge < -0.3 is 9.72 Å². The third-order valence-electron chi connectivity index (χ3n) is 4.81. The molecule has 4 aromatic rings. The van der Waals surface area contributed by atoms with Crippen molar-refractivity contribution in [1.29, 1.82) is 0 Å². The minimum atomic E-state index is -0.416. The molecule has 0 atom stereocenters. The Kier molecular flexibility index (Phi) is 5.63. The normalized spacial score (nSPS) is 10.9. The molecular weight excluding hydrogens is 398 g/mol. The summed E-state index contributed by atoms with van der Waals surface area (Å²) in [6.07, 6.45) is 2.58. The van der Waals surface area contributed by atoms with Crippen LogP contribution in [0.25, 0.3) is 10.9 Å². The van der Waals surface area contributed by atoms with E-state index in [2.05, 4.69) is 16.9 Å². The van der Waals surface area contributed by atoms with Gasteiger partial charge in [0.15, 0.2) is 5.13 Å². The minimum Gasteiger partial charge on any atom is -0.455 e. The standard InChI is InChI=1S/C23H21N3O3S/c1-3-16-8-10-18(11-9-16)26(15(2)27)23-25-17(14-30-23)13-29-22(28)20-12-24-21-7-5-4-6-19(20)21/h4-12,14,24H,3,13H2,1-2H3. The van der Waals surface area contributed by atoms with E-state index in [0.29, 0.717) is 16.4 Å². The number of carbonyl (C=O) groups excluding carboxylic acids is 2. The molecule has 30 heavy (non-hydrogen) atoms. The number of H-pyrrole nitrogens is 1. The Morgan fingerprint density at radius 3 is 2.63 bits per heavy atom. The summed E-state index contributed by atoms with van der Waals surface area (Å²) in [5, 5.41) is 3.17. The molecule has 0 spiro atoms. The lowest BCUT2D eigenvalue weighted by molar-refractivity contribution is -0.115. The van der Waals surface area contributed by atoms with Crippen molar-refractivity contribution in [3.63, 3.8) is 0 Å². The Labute approximate surface area is 178 Å². The maximum Gasteiger partial charge on any atom is 0.340 e. The number of aryl methyl sites for hydroxylation is 1. The first-order valence-electron chi connectivity index (χ1n) is 9.64. The molecular formula is C23H21N3O3S. The van der Waals surface area contributed by atoms with E-state index in [0.717, 1.165) is 23.0 Å². The Bertz CT molecular complexity index is 1190. The van der Waals surface area contributed by atoms with E-state index in [4.69, 9.17) is 4.74 Å². The number of anilines is 2. The van der Waals surface area contributed by atoms with Crippen LogP contribution in [0.2, 0.25) is 0 Å². The van der Waals surface area contributed by atoms with E-state index in [1.54, 1.807) is 16.5 Å². The highest BCUT2D eigenvalue weighted by Crippen LogP contribution is 2.29. The minimum absolute atomic E-state index is 0.0371. The number of esters is 1. The average Bonchev–Trinajstić information content (AvgIpc) is 3.40. The van der Waals surface area contributed by atoms with Crippen molar-refractivity contribution in [2.24, 2.45) is 0 Å². The molecule has 0 aliphatic carbocycles. The first kappa shape index (κ1) is 19.8. The molecule has 0 aliphatic heterocycles. The fraction of sp³-hybridized carbons (Fsp3) is 0.174. The lowest BCUT2D eigenvalue weighted by atomic mass is 10.1. The summed E-state index contributed by atoms with van der Waals surface area (Å²) in [5.74, 6) is -0.545. The van der Waals surface area contributed by atoms with Crippen molar-refractivity contribution in [1.82, 2.24) is 9.97 Å².